The predicted octanol–water partition coefficient (Wildman–Crippen LogP) is 2.49. The van der Waals surface area contributed by atoms with Crippen molar-refractivity contribution in [2.45, 2.75) is 32.9 Å². The Labute approximate surface area is 132 Å². The highest BCUT2D eigenvalue weighted by Crippen LogP contribution is 2.22. The summed E-state index contributed by atoms with van der Waals surface area (Å²) in [4.78, 5) is 35.3. The number of rotatable bonds is 5. The lowest BCUT2D eigenvalue weighted by atomic mass is 10.1. The molecule has 0 aliphatic rings. The number of nitrogen functional groups attached to an aromatic ring is 1. The van der Waals surface area contributed by atoms with Crippen LogP contribution in [0.1, 0.15) is 44.7 Å². The van der Waals surface area contributed by atoms with Crippen LogP contribution in [0.3, 0.4) is 0 Å². The number of aromatic amines is 1. The summed E-state index contributed by atoms with van der Waals surface area (Å²) in [5.74, 6) is 0.420. The van der Waals surface area contributed by atoms with Crippen LogP contribution in [0.4, 0.5) is 5.82 Å². The van der Waals surface area contributed by atoms with E-state index < -0.39 is 0 Å². The van der Waals surface area contributed by atoms with E-state index in [0.717, 1.165) is 11.4 Å². The molecule has 6 nitrogen and oxygen atoms in total. The molecule has 0 saturated carbocycles. The number of Topliss-reactive ketones (excluding diaryl/α,β-unsaturated/α-hetero) is 2. The fourth-order valence-electron chi connectivity index (χ4n) is 2.39. The van der Waals surface area contributed by atoms with Gasteiger partial charge in [0.25, 0.3) is 0 Å². The number of aryl methyl sites for hydroxylation is 2. The van der Waals surface area contributed by atoms with Crippen LogP contribution in [0.2, 0.25) is 0 Å². The first-order chi connectivity index (χ1) is 10.3. The second-order valence-corrected chi connectivity index (χ2v) is 6.05. The van der Waals surface area contributed by atoms with Crippen LogP contribution in [0.25, 0.3) is 0 Å². The van der Waals surface area contributed by atoms with Crippen molar-refractivity contribution in [2.75, 3.05) is 11.5 Å². The zero-order chi connectivity index (χ0) is 16.4. The van der Waals surface area contributed by atoms with E-state index in [-0.39, 0.29) is 17.3 Å². The van der Waals surface area contributed by atoms with E-state index in [1.54, 1.807) is 19.9 Å². The number of ketones is 2. The van der Waals surface area contributed by atoms with Gasteiger partial charge in [0.15, 0.2) is 16.7 Å². The molecule has 22 heavy (non-hydrogen) atoms. The highest BCUT2D eigenvalue weighted by atomic mass is 32.2. The Hall–Kier alpha value is -2.15. The van der Waals surface area contributed by atoms with E-state index in [1.807, 2.05) is 6.92 Å². The van der Waals surface area contributed by atoms with Gasteiger partial charge in [-0.2, -0.15) is 0 Å². The van der Waals surface area contributed by atoms with Crippen molar-refractivity contribution in [3.63, 3.8) is 0 Å². The fourth-order valence-corrected chi connectivity index (χ4v) is 3.17. The summed E-state index contributed by atoms with van der Waals surface area (Å²) in [5.41, 5.74) is 8.89. The van der Waals surface area contributed by atoms with Crippen molar-refractivity contribution in [3.05, 3.63) is 34.3 Å². The smallest absolute Gasteiger partial charge is 0.190 e. The second kappa shape index (κ2) is 6.31. The molecule has 0 amide bonds. The average Bonchev–Trinajstić information content (AvgIpc) is 2.70. The summed E-state index contributed by atoms with van der Waals surface area (Å²) in [5, 5.41) is 0.471. The minimum Gasteiger partial charge on any atom is -0.384 e. The molecule has 0 aromatic carbocycles. The number of nitrogens with zero attached hydrogens (tertiary/aromatic N) is 2. The minimum absolute atomic E-state index is 0.0484. The number of hydrogen-bond acceptors (Lipinski definition) is 6. The van der Waals surface area contributed by atoms with E-state index in [0.29, 0.717) is 27.8 Å². The molecule has 2 heterocycles. The Kier molecular flexibility index (Phi) is 4.65. The first-order valence-electron chi connectivity index (χ1n) is 6.77. The molecule has 0 saturated heterocycles. The van der Waals surface area contributed by atoms with Crippen LogP contribution in [0, 0.1) is 20.8 Å². The van der Waals surface area contributed by atoms with Crippen LogP contribution in [0.5, 0.6) is 0 Å². The lowest BCUT2D eigenvalue weighted by Gasteiger charge is -2.03. The van der Waals surface area contributed by atoms with Gasteiger partial charge in [-0.05, 0) is 33.3 Å². The Balaban J connectivity index is 2.16. The van der Waals surface area contributed by atoms with E-state index >= 15 is 0 Å². The number of anilines is 1. The Bertz CT molecular complexity index is 732. The van der Waals surface area contributed by atoms with E-state index in [9.17, 15) is 9.59 Å². The normalized spacial score (nSPS) is 10.7. The summed E-state index contributed by atoms with van der Waals surface area (Å²) in [6.45, 7) is 6.88. The van der Waals surface area contributed by atoms with E-state index in [2.05, 4.69) is 15.0 Å². The lowest BCUT2D eigenvalue weighted by molar-refractivity contribution is 0.101. The van der Waals surface area contributed by atoms with E-state index in [4.69, 9.17) is 5.73 Å². The number of aromatic nitrogens is 3. The van der Waals surface area contributed by atoms with Gasteiger partial charge >= 0.3 is 0 Å². The number of nitrogens with one attached hydrogen (secondary N) is 1. The molecule has 2 aromatic rings. The minimum atomic E-state index is -0.0956. The van der Waals surface area contributed by atoms with Crippen LogP contribution < -0.4 is 5.73 Å². The Morgan fingerprint density at radius 3 is 2.50 bits per heavy atom. The standard InChI is InChI=1S/C15H18N4O2S/c1-7-5-12(16)19-15(17-7)22-6-11(21)14-8(2)13(10(4)20)9(3)18-14/h5,18H,6H2,1-4H3,(H2,16,17,19). The largest absolute Gasteiger partial charge is 0.384 e. The Morgan fingerprint density at radius 1 is 1.27 bits per heavy atom. The molecular formula is C15H18N4O2S. The maximum Gasteiger partial charge on any atom is 0.190 e. The SMILES string of the molecule is CC(=O)c1c(C)[nH]c(C(=O)CSc2nc(C)cc(N)n2)c1C. The highest BCUT2D eigenvalue weighted by molar-refractivity contribution is 7.99. The summed E-state index contributed by atoms with van der Waals surface area (Å²) in [6, 6.07) is 1.67. The molecule has 0 unspecified atom stereocenters. The zero-order valence-corrected chi connectivity index (χ0v) is 13.8. The van der Waals surface area contributed by atoms with Crippen LogP contribution in [0.15, 0.2) is 11.2 Å². The highest BCUT2D eigenvalue weighted by Gasteiger charge is 2.20. The molecular weight excluding hydrogens is 300 g/mol. The van der Waals surface area contributed by atoms with Crippen LogP contribution >= 0.6 is 11.8 Å². The van der Waals surface area contributed by atoms with Crippen molar-refractivity contribution in [3.8, 4) is 0 Å². The van der Waals surface area contributed by atoms with Crippen LogP contribution in [-0.4, -0.2) is 32.3 Å². The fraction of sp³-hybridized carbons (Fsp3) is 0.333. The quantitative estimate of drug-likeness (QED) is 0.499. The first-order valence-corrected chi connectivity index (χ1v) is 7.75. The number of thioether (sulfide) groups is 1. The molecule has 7 heteroatoms. The number of H-pyrrole nitrogens is 1. The van der Waals surface area contributed by atoms with Crippen LogP contribution in [-0.2, 0) is 0 Å². The van der Waals surface area contributed by atoms with Gasteiger partial charge in [-0.15, -0.1) is 0 Å². The van der Waals surface area contributed by atoms with Crippen molar-refractivity contribution in [2.24, 2.45) is 0 Å². The topological polar surface area (TPSA) is 102 Å². The molecule has 0 bridgehead atoms. The molecule has 0 aliphatic carbocycles. The zero-order valence-electron chi connectivity index (χ0n) is 13.0. The molecule has 3 N–H and O–H groups in total. The lowest BCUT2D eigenvalue weighted by Crippen LogP contribution is -2.06. The summed E-state index contributed by atoms with van der Waals surface area (Å²) < 4.78 is 0. The van der Waals surface area contributed by atoms with Gasteiger partial charge in [0.1, 0.15) is 5.82 Å². The van der Waals surface area contributed by atoms with Crippen molar-refractivity contribution < 1.29 is 9.59 Å². The number of carbonyl (C=O) groups is 2. The number of nitrogens with two attached hydrogens (primary N) is 1. The summed E-state index contributed by atoms with van der Waals surface area (Å²) in [6.07, 6.45) is 0. The van der Waals surface area contributed by atoms with E-state index in [1.165, 1.54) is 18.7 Å². The van der Waals surface area contributed by atoms with Crippen molar-refractivity contribution in [1.82, 2.24) is 15.0 Å². The summed E-state index contributed by atoms with van der Waals surface area (Å²) >= 11 is 1.23. The van der Waals surface area contributed by atoms with Gasteiger partial charge in [0.2, 0.25) is 0 Å². The predicted molar refractivity (Wildman–Crippen MR) is 86.5 cm³/mol. The molecule has 0 spiro atoms. The maximum atomic E-state index is 12.3. The molecule has 116 valence electrons. The van der Waals surface area contributed by atoms with Gasteiger partial charge in [-0.1, -0.05) is 11.8 Å². The third-order valence-electron chi connectivity index (χ3n) is 3.25. The molecule has 0 fully saturated rings. The second-order valence-electron chi connectivity index (χ2n) is 5.11. The number of carbonyl (C=O) groups excluding carboxylic acids is 2. The van der Waals surface area contributed by atoms with Crippen molar-refractivity contribution >= 4 is 29.1 Å². The number of hydrogen-bond donors (Lipinski definition) is 2. The molecule has 0 atom stereocenters. The van der Waals surface area contributed by atoms with Gasteiger partial charge in [-0.3, -0.25) is 9.59 Å². The monoisotopic (exact) mass is 318 g/mol. The third kappa shape index (κ3) is 3.36. The third-order valence-corrected chi connectivity index (χ3v) is 4.10. The molecule has 0 aliphatic heterocycles. The molecule has 0 radical (unpaired) electrons. The first kappa shape index (κ1) is 16.2. The van der Waals surface area contributed by atoms with Gasteiger partial charge < -0.3 is 10.7 Å². The summed E-state index contributed by atoms with van der Waals surface area (Å²) in [7, 11) is 0. The van der Waals surface area contributed by atoms with Gasteiger partial charge in [0, 0.05) is 23.0 Å². The molecule has 2 aromatic heterocycles. The van der Waals surface area contributed by atoms with Gasteiger partial charge in [0.05, 0.1) is 11.4 Å². The van der Waals surface area contributed by atoms with Gasteiger partial charge in [-0.25, -0.2) is 9.97 Å². The van der Waals surface area contributed by atoms with Crippen molar-refractivity contribution in [1.29, 1.82) is 0 Å². The Morgan fingerprint density at radius 2 is 1.95 bits per heavy atom. The average molecular weight is 318 g/mol. The maximum absolute atomic E-state index is 12.3. The molecule has 2 rings (SSSR count).